The van der Waals surface area contributed by atoms with Gasteiger partial charge in [0.05, 0.1) is 29.3 Å². The number of rotatable bonds is 5. The molecule has 3 aromatic rings. The zero-order chi connectivity index (χ0) is 24.2. The highest BCUT2D eigenvalue weighted by Gasteiger charge is 2.53. The molecular weight excluding hydrogens is 551 g/mol. The molecule has 4 aliphatic rings. The molecule has 2 bridgehead atoms. The molecule has 0 spiro atoms. The minimum atomic E-state index is -0.361. The van der Waals surface area contributed by atoms with Crippen LogP contribution in [0.1, 0.15) is 73.2 Å². The van der Waals surface area contributed by atoms with Crippen molar-refractivity contribution >= 4 is 45.4 Å². The molecule has 4 saturated carbocycles. The highest BCUT2D eigenvalue weighted by Crippen LogP contribution is 2.53. The summed E-state index contributed by atoms with van der Waals surface area (Å²) in [4.78, 5) is 31.7. The number of halogens is 1. The van der Waals surface area contributed by atoms with Crippen molar-refractivity contribution in [1.82, 2.24) is 10.3 Å². The van der Waals surface area contributed by atoms with Crippen LogP contribution in [0.3, 0.4) is 0 Å². The van der Waals surface area contributed by atoms with Crippen molar-refractivity contribution in [2.24, 2.45) is 5.41 Å². The van der Waals surface area contributed by atoms with Gasteiger partial charge in [0.1, 0.15) is 0 Å². The van der Waals surface area contributed by atoms with Gasteiger partial charge in [-0.3, -0.25) is 9.59 Å². The quantitative estimate of drug-likeness (QED) is 0.281. The number of hydrogen-bond donors (Lipinski definition) is 1. The topological polar surface area (TPSA) is 68.3 Å². The van der Waals surface area contributed by atoms with Crippen LogP contribution in [0.4, 0.5) is 0 Å². The van der Waals surface area contributed by atoms with Crippen molar-refractivity contribution in [3.8, 4) is 11.3 Å². The second kappa shape index (κ2) is 8.57. The Morgan fingerprint density at radius 1 is 1.00 bits per heavy atom. The Bertz CT molecular complexity index is 1310. The third-order valence-corrected chi connectivity index (χ3v) is 9.16. The fraction of sp³-hybridized carbons (Fsp3) is 0.414. The predicted octanol–water partition coefficient (Wildman–Crippen LogP) is 6.38. The third kappa shape index (κ3) is 3.94. The smallest absolute Gasteiger partial charge is 0.311 e. The molecule has 0 saturated heterocycles. The standard InChI is InChI=1S/C29H29IN2O3/c1-35-27(34)28-11-14-29(15-12-28,16-13-28)32-26(33)24-21-17-20(30)9-10-22(21)31-25(23(24)18-7-8-18)19-5-3-2-4-6-19/h2-6,9-10,17-18H,7-8,11-16H2,1H3,(H,32,33). The van der Waals surface area contributed by atoms with Crippen LogP contribution in [0.25, 0.3) is 22.2 Å². The van der Waals surface area contributed by atoms with Gasteiger partial charge < -0.3 is 10.1 Å². The number of nitrogens with zero attached hydrogens (tertiary/aromatic N) is 1. The van der Waals surface area contributed by atoms with E-state index in [9.17, 15) is 9.59 Å². The Labute approximate surface area is 219 Å². The number of hydrogen-bond acceptors (Lipinski definition) is 4. The fourth-order valence-electron chi connectivity index (χ4n) is 6.28. The number of nitrogens with one attached hydrogen (secondary N) is 1. The van der Waals surface area contributed by atoms with Crippen molar-refractivity contribution in [2.45, 2.75) is 62.8 Å². The van der Waals surface area contributed by atoms with Crippen LogP contribution in [-0.4, -0.2) is 29.5 Å². The maximum absolute atomic E-state index is 14.2. The Kier molecular flexibility index (Phi) is 5.62. The molecule has 1 N–H and O–H groups in total. The highest BCUT2D eigenvalue weighted by atomic mass is 127. The number of carbonyl (C=O) groups excluding carboxylic acids is 2. The fourth-order valence-corrected chi connectivity index (χ4v) is 6.77. The first kappa shape index (κ1) is 23.0. The average Bonchev–Trinajstić information content (AvgIpc) is 3.74. The third-order valence-electron chi connectivity index (χ3n) is 8.49. The van der Waals surface area contributed by atoms with Gasteiger partial charge in [0.25, 0.3) is 5.91 Å². The second-order valence-electron chi connectivity index (χ2n) is 10.6. The Hall–Kier alpha value is -2.48. The molecule has 1 amide bonds. The molecule has 0 radical (unpaired) electrons. The summed E-state index contributed by atoms with van der Waals surface area (Å²) in [5, 5.41) is 4.44. The molecule has 1 heterocycles. The van der Waals surface area contributed by atoms with E-state index in [1.807, 2.05) is 24.3 Å². The number of ether oxygens (including phenoxy) is 1. The van der Waals surface area contributed by atoms with E-state index in [-0.39, 0.29) is 22.8 Å². The monoisotopic (exact) mass is 580 g/mol. The van der Waals surface area contributed by atoms with E-state index in [1.165, 1.54) is 7.11 Å². The lowest BCUT2D eigenvalue weighted by Gasteiger charge is -2.52. The van der Waals surface area contributed by atoms with Gasteiger partial charge >= 0.3 is 5.97 Å². The van der Waals surface area contributed by atoms with Gasteiger partial charge in [-0.25, -0.2) is 4.98 Å². The predicted molar refractivity (Wildman–Crippen MR) is 144 cm³/mol. The summed E-state index contributed by atoms with van der Waals surface area (Å²) < 4.78 is 6.22. The molecule has 1 aromatic heterocycles. The van der Waals surface area contributed by atoms with E-state index in [0.717, 1.165) is 88.2 Å². The highest BCUT2D eigenvalue weighted by molar-refractivity contribution is 14.1. The van der Waals surface area contributed by atoms with Gasteiger partial charge in [-0.1, -0.05) is 30.3 Å². The van der Waals surface area contributed by atoms with Crippen molar-refractivity contribution in [3.63, 3.8) is 0 Å². The minimum Gasteiger partial charge on any atom is -0.469 e. The molecule has 5 nitrogen and oxygen atoms in total. The molecule has 0 unspecified atom stereocenters. The first-order chi connectivity index (χ1) is 16.9. The largest absolute Gasteiger partial charge is 0.469 e. The van der Waals surface area contributed by atoms with Gasteiger partial charge in [0.2, 0.25) is 0 Å². The maximum atomic E-state index is 14.2. The van der Waals surface area contributed by atoms with Crippen molar-refractivity contribution in [3.05, 3.63) is 63.2 Å². The maximum Gasteiger partial charge on any atom is 0.311 e. The van der Waals surface area contributed by atoms with Crippen molar-refractivity contribution in [1.29, 1.82) is 0 Å². The lowest BCUT2D eigenvalue weighted by molar-refractivity contribution is -0.160. The molecule has 6 heteroatoms. The van der Waals surface area contributed by atoms with Crippen LogP contribution in [-0.2, 0) is 9.53 Å². The van der Waals surface area contributed by atoms with E-state index in [4.69, 9.17) is 9.72 Å². The first-order valence-corrected chi connectivity index (χ1v) is 13.6. The molecule has 2 aromatic carbocycles. The zero-order valence-electron chi connectivity index (χ0n) is 19.9. The van der Waals surface area contributed by atoms with Crippen LogP contribution >= 0.6 is 22.6 Å². The SMILES string of the molecule is COC(=O)C12CCC(NC(=O)c3c(C4CC4)c(-c4ccccc4)nc4ccc(I)cc34)(CC1)CC2. The van der Waals surface area contributed by atoms with Gasteiger partial charge in [-0.15, -0.1) is 0 Å². The Morgan fingerprint density at radius 3 is 2.31 bits per heavy atom. The van der Waals surface area contributed by atoms with Crippen molar-refractivity contribution in [2.75, 3.05) is 7.11 Å². The minimum absolute atomic E-state index is 0.00551. The van der Waals surface area contributed by atoms with Gasteiger partial charge in [0.15, 0.2) is 0 Å². The number of amides is 1. The molecule has 4 aliphatic carbocycles. The summed E-state index contributed by atoms with van der Waals surface area (Å²) in [7, 11) is 1.48. The summed E-state index contributed by atoms with van der Waals surface area (Å²) in [6.45, 7) is 0. The van der Waals surface area contributed by atoms with E-state index < -0.39 is 0 Å². The van der Waals surface area contributed by atoms with Crippen LogP contribution in [0.2, 0.25) is 0 Å². The van der Waals surface area contributed by atoms with Crippen LogP contribution in [0.15, 0.2) is 48.5 Å². The molecule has 7 rings (SSSR count). The van der Waals surface area contributed by atoms with E-state index in [1.54, 1.807) is 0 Å². The van der Waals surface area contributed by atoms with Crippen LogP contribution in [0.5, 0.6) is 0 Å². The summed E-state index contributed by atoms with van der Waals surface area (Å²) in [5.74, 6) is 0.282. The molecule has 0 aliphatic heterocycles. The number of fused-ring (bicyclic) bond motifs is 4. The molecular formula is C29H29IN2O3. The van der Waals surface area contributed by atoms with Crippen LogP contribution in [0, 0.1) is 8.99 Å². The number of esters is 1. The summed E-state index contributed by atoms with van der Waals surface area (Å²) in [5.41, 5.74) is 4.11. The average molecular weight is 580 g/mol. The Balaban J connectivity index is 1.43. The van der Waals surface area contributed by atoms with Crippen LogP contribution < -0.4 is 5.32 Å². The lowest BCUT2D eigenvalue weighted by atomic mass is 9.57. The Morgan fingerprint density at radius 2 is 1.69 bits per heavy atom. The number of methoxy groups -OCH3 is 1. The van der Waals surface area contributed by atoms with E-state index in [0.29, 0.717) is 5.92 Å². The molecule has 180 valence electrons. The first-order valence-electron chi connectivity index (χ1n) is 12.5. The van der Waals surface area contributed by atoms with E-state index in [2.05, 4.69) is 52.2 Å². The van der Waals surface area contributed by atoms with Crippen molar-refractivity contribution < 1.29 is 14.3 Å². The normalized spacial score (nSPS) is 25.4. The number of carbonyl (C=O) groups is 2. The van der Waals surface area contributed by atoms with Gasteiger partial charge in [-0.05, 0) is 104 Å². The van der Waals surface area contributed by atoms with E-state index >= 15 is 0 Å². The zero-order valence-corrected chi connectivity index (χ0v) is 22.1. The lowest BCUT2D eigenvalue weighted by Crippen LogP contribution is -2.58. The number of benzene rings is 2. The second-order valence-corrected chi connectivity index (χ2v) is 11.8. The summed E-state index contributed by atoms with van der Waals surface area (Å²) in [6, 6.07) is 16.4. The summed E-state index contributed by atoms with van der Waals surface area (Å²) in [6.07, 6.45) is 6.96. The summed E-state index contributed by atoms with van der Waals surface area (Å²) >= 11 is 2.31. The molecule has 4 fully saturated rings. The molecule has 35 heavy (non-hydrogen) atoms. The number of aromatic nitrogens is 1. The molecule has 0 atom stereocenters. The number of pyridine rings is 1. The van der Waals surface area contributed by atoms with Gasteiger partial charge in [-0.2, -0.15) is 0 Å². The van der Waals surface area contributed by atoms with Gasteiger partial charge in [0, 0.05) is 20.1 Å².